The number of furan rings is 1. The summed E-state index contributed by atoms with van der Waals surface area (Å²) in [5.41, 5.74) is -0.678. The van der Waals surface area contributed by atoms with Crippen LogP contribution >= 0.6 is 0 Å². The highest BCUT2D eigenvalue weighted by atomic mass is 16.6. The Balaban J connectivity index is 1.65. The largest absolute Gasteiger partial charge is 0.472 e. The van der Waals surface area contributed by atoms with Crippen LogP contribution in [0, 0.1) is 11.3 Å². The average molecular weight is 356 g/mol. The lowest BCUT2D eigenvalue weighted by molar-refractivity contribution is -0.201. The molecule has 1 saturated heterocycles. The maximum atomic E-state index is 12.7. The van der Waals surface area contributed by atoms with E-state index in [9.17, 15) is 14.7 Å². The molecule has 6 nitrogen and oxygen atoms in total. The zero-order chi connectivity index (χ0) is 18.7. The first-order chi connectivity index (χ1) is 12.3. The van der Waals surface area contributed by atoms with Crippen molar-refractivity contribution in [1.82, 2.24) is 0 Å². The topological polar surface area (TPSA) is 86.0 Å². The lowest BCUT2D eigenvalue weighted by atomic mass is 9.54. The number of carbonyl (C=O) groups excluding carboxylic acids is 2. The minimum Gasteiger partial charge on any atom is -0.472 e. The predicted octanol–water partition coefficient (Wildman–Crippen LogP) is 2.62. The van der Waals surface area contributed by atoms with E-state index in [0.717, 1.165) is 11.1 Å². The van der Waals surface area contributed by atoms with Gasteiger partial charge in [0, 0.05) is 16.9 Å². The van der Waals surface area contributed by atoms with Crippen molar-refractivity contribution in [3.8, 4) is 0 Å². The molecule has 0 saturated carbocycles. The summed E-state index contributed by atoms with van der Waals surface area (Å²) in [5.74, 6) is -1.44. The summed E-state index contributed by atoms with van der Waals surface area (Å²) in [6, 6.07) is 1.74. The molecular weight excluding hydrogens is 336 g/mol. The highest BCUT2D eigenvalue weighted by Crippen LogP contribution is 2.56. The Bertz CT molecular complexity index is 861. The van der Waals surface area contributed by atoms with Gasteiger partial charge < -0.3 is 19.0 Å². The molecule has 6 heteroatoms. The minimum atomic E-state index is -1.73. The quantitative estimate of drug-likeness (QED) is 0.662. The van der Waals surface area contributed by atoms with Crippen LogP contribution in [0.4, 0.5) is 0 Å². The van der Waals surface area contributed by atoms with Crippen LogP contribution in [0.3, 0.4) is 0 Å². The van der Waals surface area contributed by atoms with Gasteiger partial charge in [-0.05, 0) is 32.1 Å². The maximum absolute atomic E-state index is 12.7. The van der Waals surface area contributed by atoms with Crippen LogP contribution < -0.4 is 0 Å². The number of ether oxygens (including phenoxy) is 2. The van der Waals surface area contributed by atoms with Crippen LogP contribution in [0.1, 0.15) is 32.4 Å². The molecule has 5 atom stereocenters. The molecule has 136 valence electrons. The van der Waals surface area contributed by atoms with E-state index >= 15 is 0 Å². The molecule has 0 unspecified atom stereocenters. The van der Waals surface area contributed by atoms with Crippen LogP contribution in [0.25, 0.3) is 0 Å². The Kier molecular flexibility index (Phi) is 3.53. The SMILES string of the molecule is CC1=C(C(=O)O[C@H](C)c2ccoc2)C=C[C@]2(C)[C@@H]1[C@H]1C=C[C@]2(O)C(=O)O1. The molecule has 3 heterocycles. The van der Waals surface area contributed by atoms with Gasteiger partial charge in [0.25, 0.3) is 0 Å². The zero-order valence-electron chi connectivity index (χ0n) is 14.8. The molecule has 0 spiro atoms. The first-order valence-electron chi connectivity index (χ1n) is 8.54. The highest BCUT2D eigenvalue weighted by Gasteiger charge is 2.65. The third kappa shape index (κ3) is 2.08. The molecule has 0 radical (unpaired) electrons. The number of esters is 2. The Morgan fingerprint density at radius 2 is 2.15 bits per heavy atom. The number of rotatable bonds is 3. The van der Waals surface area contributed by atoms with Gasteiger partial charge in [-0.1, -0.05) is 24.6 Å². The summed E-state index contributed by atoms with van der Waals surface area (Å²) in [6.07, 6.45) is 8.64. The number of aliphatic hydroxyl groups is 1. The molecule has 1 fully saturated rings. The van der Waals surface area contributed by atoms with Gasteiger partial charge in [0.05, 0.1) is 18.1 Å². The second kappa shape index (κ2) is 5.45. The lowest BCUT2D eigenvalue weighted by Gasteiger charge is -2.55. The Labute approximate surface area is 150 Å². The minimum absolute atomic E-state index is 0.327. The van der Waals surface area contributed by atoms with E-state index in [4.69, 9.17) is 13.9 Å². The summed E-state index contributed by atoms with van der Waals surface area (Å²) in [6.45, 7) is 5.40. The average Bonchev–Trinajstić information content (AvgIpc) is 3.11. The van der Waals surface area contributed by atoms with E-state index in [2.05, 4.69) is 0 Å². The van der Waals surface area contributed by atoms with E-state index in [1.54, 1.807) is 31.2 Å². The highest BCUT2D eigenvalue weighted by molar-refractivity contribution is 5.94. The van der Waals surface area contributed by atoms with E-state index < -0.39 is 35.2 Å². The van der Waals surface area contributed by atoms with Crippen molar-refractivity contribution in [3.63, 3.8) is 0 Å². The molecule has 26 heavy (non-hydrogen) atoms. The molecule has 0 aromatic carbocycles. The van der Waals surface area contributed by atoms with Crippen molar-refractivity contribution in [2.24, 2.45) is 11.3 Å². The summed E-state index contributed by atoms with van der Waals surface area (Å²) < 4.78 is 15.9. The van der Waals surface area contributed by atoms with Gasteiger partial charge in [0.1, 0.15) is 12.2 Å². The van der Waals surface area contributed by atoms with Crippen molar-refractivity contribution in [1.29, 1.82) is 0 Å². The lowest BCUT2D eigenvalue weighted by Crippen LogP contribution is -2.65. The fourth-order valence-corrected chi connectivity index (χ4v) is 4.22. The van der Waals surface area contributed by atoms with Crippen molar-refractivity contribution >= 4 is 11.9 Å². The Morgan fingerprint density at radius 3 is 2.81 bits per heavy atom. The molecule has 0 amide bonds. The number of carbonyl (C=O) groups is 2. The summed E-state index contributed by atoms with van der Waals surface area (Å²) in [7, 11) is 0. The van der Waals surface area contributed by atoms with Crippen molar-refractivity contribution < 1.29 is 28.6 Å². The van der Waals surface area contributed by atoms with Gasteiger partial charge in [-0.3, -0.25) is 0 Å². The number of fused-ring (bicyclic) bond motifs is 1. The molecule has 4 aliphatic rings. The van der Waals surface area contributed by atoms with Gasteiger partial charge in [-0.15, -0.1) is 0 Å². The molecule has 2 aliphatic heterocycles. The van der Waals surface area contributed by atoms with Gasteiger partial charge in [-0.2, -0.15) is 0 Å². The fourth-order valence-electron chi connectivity index (χ4n) is 4.22. The van der Waals surface area contributed by atoms with Crippen LogP contribution in [0.5, 0.6) is 0 Å². The summed E-state index contributed by atoms with van der Waals surface area (Å²) in [4.78, 5) is 24.9. The molecule has 2 bridgehead atoms. The normalized spacial score (nSPS) is 35.9. The van der Waals surface area contributed by atoms with Crippen LogP contribution in [-0.2, 0) is 19.1 Å². The van der Waals surface area contributed by atoms with E-state index in [1.165, 1.54) is 18.6 Å². The standard InChI is InChI=1S/C20H20O6/c1-11-14(17(21)25-12(2)13-6-9-24-10-13)4-7-19(3)16(11)15-5-8-20(19,23)18(22)26-15/h4-10,12,15-16,23H,1-3H3/t12-,15-,16+,19-,20+/m1/s1. The van der Waals surface area contributed by atoms with Crippen molar-refractivity contribution in [2.45, 2.75) is 38.6 Å². The smallest absolute Gasteiger partial charge is 0.343 e. The first kappa shape index (κ1) is 16.8. The Morgan fingerprint density at radius 1 is 1.38 bits per heavy atom. The van der Waals surface area contributed by atoms with Crippen molar-refractivity contribution in [3.05, 3.63) is 59.6 Å². The fraction of sp³-hybridized carbons (Fsp3) is 0.400. The molecule has 1 aromatic heterocycles. The Hall–Kier alpha value is -2.60. The molecule has 2 aliphatic carbocycles. The van der Waals surface area contributed by atoms with Crippen LogP contribution in [-0.4, -0.2) is 28.8 Å². The van der Waals surface area contributed by atoms with E-state index in [1.807, 2.05) is 13.8 Å². The predicted molar refractivity (Wildman–Crippen MR) is 90.6 cm³/mol. The van der Waals surface area contributed by atoms with E-state index in [0.29, 0.717) is 5.57 Å². The van der Waals surface area contributed by atoms with Gasteiger partial charge in [0.2, 0.25) is 0 Å². The monoisotopic (exact) mass is 356 g/mol. The third-order valence-electron chi connectivity index (χ3n) is 5.88. The van der Waals surface area contributed by atoms with E-state index in [-0.39, 0.29) is 5.92 Å². The third-order valence-corrected chi connectivity index (χ3v) is 5.88. The molecule has 1 N–H and O–H groups in total. The van der Waals surface area contributed by atoms with Crippen LogP contribution in [0.2, 0.25) is 0 Å². The molecule has 5 rings (SSSR count). The second-order valence-corrected chi connectivity index (χ2v) is 7.29. The molecule has 1 aromatic rings. The summed E-state index contributed by atoms with van der Waals surface area (Å²) >= 11 is 0. The number of hydrogen-bond acceptors (Lipinski definition) is 6. The maximum Gasteiger partial charge on any atom is 0.343 e. The number of hydrogen-bond donors (Lipinski definition) is 1. The zero-order valence-corrected chi connectivity index (χ0v) is 14.8. The van der Waals surface area contributed by atoms with Crippen LogP contribution in [0.15, 0.2) is 58.5 Å². The molecular formula is C20H20O6. The van der Waals surface area contributed by atoms with Gasteiger partial charge in [0.15, 0.2) is 5.60 Å². The second-order valence-electron chi connectivity index (χ2n) is 7.29. The van der Waals surface area contributed by atoms with Gasteiger partial charge in [-0.25, -0.2) is 9.59 Å². The summed E-state index contributed by atoms with van der Waals surface area (Å²) in [5, 5.41) is 10.9. The van der Waals surface area contributed by atoms with Crippen molar-refractivity contribution in [2.75, 3.05) is 0 Å². The van der Waals surface area contributed by atoms with Gasteiger partial charge >= 0.3 is 11.9 Å². The first-order valence-corrected chi connectivity index (χ1v) is 8.54.